The predicted octanol–water partition coefficient (Wildman–Crippen LogP) is 4.49. The number of rotatable bonds is 7. The summed E-state index contributed by atoms with van der Waals surface area (Å²) >= 11 is 19.6. The van der Waals surface area contributed by atoms with Crippen molar-refractivity contribution in [3.63, 3.8) is 0 Å². The number of sulfonamides is 1. The summed E-state index contributed by atoms with van der Waals surface area (Å²) in [5.74, 6) is 0.953. The minimum atomic E-state index is -3.67. The van der Waals surface area contributed by atoms with Gasteiger partial charge in [-0.2, -0.15) is 16.1 Å². The molecular weight excluding hydrogens is 373 g/mol. The highest BCUT2D eigenvalue weighted by Gasteiger charge is 2.28. The standard InChI is InChI=1S/C13H18Cl3NO2S2/c1-9(6-7-20-3)17(2)21(18,19)12-5-4-11(15)10(8-14)13(12)16/h4-5,9H,6-8H2,1-3H3. The maximum atomic E-state index is 12.7. The number of thioether (sulfide) groups is 1. The van der Waals surface area contributed by atoms with Crippen molar-refractivity contribution < 1.29 is 8.42 Å². The predicted molar refractivity (Wildman–Crippen MR) is 93.4 cm³/mol. The Kier molecular flexibility index (Phi) is 7.64. The van der Waals surface area contributed by atoms with Crippen molar-refractivity contribution in [1.29, 1.82) is 0 Å². The summed E-state index contributed by atoms with van der Waals surface area (Å²) in [5.41, 5.74) is 0.436. The summed E-state index contributed by atoms with van der Waals surface area (Å²) in [5, 5.41) is 0.466. The fourth-order valence-corrected chi connectivity index (χ4v) is 5.03. The molecule has 120 valence electrons. The minimum absolute atomic E-state index is 0.0442. The first-order valence-electron chi connectivity index (χ1n) is 6.27. The lowest BCUT2D eigenvalue weighted by Gasteiger charge is -2.25. The van der Waals surface area contributed by atoms with Gasteiger partial charge in [0.1, 0.15) is 4.90 Å². The highest BCUT2D eigenvalue weighted by atomic mass is 35.5. The molecule has 0 N–H and O–H groups in total. The largest absolute Gasteiger partial charge is 0.244 e. The van der Waals surface area contributed by atoms with Gasteiger partial charge in [0, 0.05) is 23.7 Å². The second kappa shape index (κ2) is 8.27. The monoisotopic (exact) mass is 389 g/mol. The maximum absolute atomic E-state index is 12.7. The number of halogens is 3. The van der Waals surface area contributed by atoms with Crippen LogP contribution in [0.5, 0.6) is 0 Å². The van der Waals surface area contributed by atoms with E-state index in [0.29, 0.717) is 10.6 Å². The lowest BCUT2D eigenvalue weighted by atomic mass is 10.2. The van der Waals surface area contributed by atoms with Gasteiger partial charge in [0.05, 0.1) is 10.9 Å². The fraction of sp³-hybridized carbons (Fsp3) is 0.538. The molecule has 0 spiro atoms. The molecule has 0 amide bonds. The molecule has 21 heavy (non-hydrogen) atoms. The number of hydrogen-bond donors (Lipinski definition) is 0. The van der Waals surface area contributed by atoms with Crippen LogP contribution in [0.4, 0.5) is 0 Å². The van der Waals surface area contributed by atoms with Gasteiger partial charge in [0.25, 0.3) is 0 Å². The van der Waals surface area contributed by atoms with E-state index in [2.05, 4.69) is 0 Å². The first-order chi connectivity index (χ1) is 9.77. The fourth-order valence-electron chi connectivity index (χ4n) is 1.76. The molecule has 0 heterocycles. The van der Waals surface area contributed by atoms with Gasteiger partial charge in [0.15, 0.2) is 0 Å². The van der Waals surface area contributed by atoms with Crippen LogP contribution in [0.3, 0.4) is 0 Å². The maximum Gasteiger partial charge on any atom is 0.244 e. The van der Waals surface area contributed by atoms with Crippen LogP contribution in [-0.2, 0) is 15.9 Å². The van der Waals surface area contributed by atoms with Crippen molar-refractivity contribution in [2.45, 2.75) is 30.2 Å². The smallest absolute Gasteiger partial charge is 0.207 e. The van der Waals surface area contributed by atoms with Crippen molar-refractivity contribution in [1.82, 2.24) is 4.31 Å². The van der Waals surface area contributed by atoms with E-state index >= 15 is 0 Å². The second-order valence-corrected chi connectivity index (χ2v) is 8.63. The van der Waals surface area contributed by atoms with E-state index in [4.69, 9.17) is 34.8 Å². The average Bonchev–Trinajstić information content (AvgIpc) is 2.44. The van der Waals surface area contributed by atoms with Crippen LogP contribution in [0.15, 0.2) is 17.0 Å². The Morgan fingerprint density at radius 1 is 1.33 bits per heavy atom. The molecule has 0 bridgehead atoms. The van der Waals surface area contributed by atoms with E-state index in [1.54, 1.807) is 18.8 Å². The summed E-state index contributed by atoms with van der Waals surface area (Å²) in [7, 11) is -2.11. The highest BCUT2D eigenvalue weighted by molar-refractivity contribution is 7.98. The van der Waals surface area contributed by atoms with Gasteiger partial charge in [-0.25, -0.2) is 8.42 Å². The number of nitrogens with zero attached hydrogens (tertiary/aromatic N) is 1. The lowest BCUT2D eigenvalue weighted by molar-refractivity contribution is 0.382. The molecule has 0 saturated heterocycles. The first kappa shape index (κ1) is 19.4. The van der Waals surface area contributed by atoms with E-state index in [0.717, 1.165) is 12.2 Å². The number of hydrogen-bond acceptors (Lipinski definition) is 3. The number of alkyl halides is 1. The van der Waals surface area contributed by atoms with Gasteiger partial charge in [-0.05, 0) is 37.5 Å². The van der Waals surface area contributed by atoms with E-state index in [1.165, 1.54) is 16.4 Å². The van der Waals surface area contributed by atoms with Crippen LogP contribution in [-0.4, -0.2) is 37.8 Å². The molecule has 8 heteroatoms. The van der Waals surface area contributed by atoms with Crippen molar-refractivity contribution in [3.8, 4) is 0 Å². The molecule has 1 aromatic carbocycles. The summed E-state index contributed by atoms with van der Waals surface area (Å²) < 4.78 is 26.7. The van der Waals surface area contributed by atoms with E-state index in [9.17, 15) is 8.42 Å². The van der Waals surface area contributed by atoms with Crippen LogP contribution in [0.1, 0.15) is 18.9 Å². The van der Waals surface area contributed by atoms with Crippen molar-refractivity contribution in [3.05, 3.63) is 27.7 Å². The molecule has 3 nitrogen and oxygen atoms in total. The Hall–Kier alpha value is 0.350. The van der Waals surface area contributed by atoms with Gasteiger partial charge in [-0.3, -0.25) is 0 Å². The quantitative estimate of drug-likeness (QED) is 0.643. The number of benzene rings is 1. The minimum Gasteiger partial charge on any atom is -0.207 e. The summed E-state index contributed by atoms with van der Waals surface area (Å²) in [6.45, 7) is 1.88. The zero-order chi connectivity index (χ0) is 16.2. The molecule has 0 aliphatic rings. The van der Waals surface area contributed by atoms with Gasteiger partial charge >= 0.3 is 0 Å². The summed E-state index contributed by atoms with van der Waals surface area (Å²) in [4.78, 5) is 0.0442. The van der Waals surface area contributed by atoms with Crippen LogP contribution in [0, 0.1) is 0 Å². The summed E-state index contributed by atoms with van der Waals surface area (Å²) in [6.07, 6.45) is 2.76. The Morgan fingerprint density at radius 3 is 2.48 bits per heavy atom. The third-order valence-electron chi connectivity index (χ3n) is 3.30. The topological polar surface area (TPSA) is 37.4 Å². The zero-order valence-corrected chi connectivity index (χ0v) is 16.0. The van der Waals surface area contributed by atoms with Gasteiger partial charge in [0.2, 0.25) is 10.0 Å². The SMILES string of the molecule is CSCCC(C)N(C)S(=O)(=O)c1ccc(Cl)c(CCl)c1Cl. The molecule has 0 fully saturated rings. The van der Waals surface area contributed by atoms with E-state index in [-0.39, 0.29) is 21.8 Å². The molecule has 0 aliphatic heterocycles. The van der Waals surface area contributed by atoms with Crippen molar-refractivity contribution in [2.24, 2.45) is 0 Å². The lowest BCUT2D eigenvalue weighted by Crippen LogP contribution is -2.35. The van der Waals surface area contributed by atoms with Crippen LogP contribution < -0.4 is 0 Å². The van der Waals surface area contributed by atoms with Crippen molar-refractivity contribution in [2.75, 3.05) is 19.1 Å². The first-order valence-corrected chi connectivity index (χ1v) is 10.4. The molecule has 1 atom stereocenters. The molecular formula is C13H18Cl3NO2S2. The van der Waals surface area contributed by atoms with Crippen LogP contribution >= 0.6 is 46.6 Å². The van der Waals surface area contributed by atoms with Crippen molar-refractivity contribution >= 4 is 56.6 Å². The van der Waals surface area contributed by atoms with Crippen LogP contribution in [0.25, 0.3) is 0 Å². The van der Waals surface area contributed by atoms with E-state index < -0.39 is 10.0 Å². The molecule has 1 aromatic rings. The van der Waals surface area contributed by atoms with Gasteiger partial charge in [-0.15, -0.1) is 11.6 Å². The highest BCUT2D eigenvalue weighted by Crippen LogP contribution is 2.34. The Morgan fingerprint density at radius 2 is 1.95 bits per heavy atom. The molecule has 0 aliphatic carbocycles. The Balaban J connectivity index is 3.19. The molecule has 0 aromatic heterocycles. The Bertz CT molecular complexity index is 593. The summed E-state index contributed by atoms with van der Waals surface area (Å²) in [6, 6.07) is 2.82. The van der Waals surface area contributed by atoms with Crippen LogP contribution in [0.2, 0.25) is 10.0 Å². The van der Waals surface area contributed by atoms with Gasteiger partial charge < -0.3 is 0 Å². The molecule has 1 unspecified atom stereocenters. The van der Waals surface area contributed by atoms with E-state index in [1.807, 2.05) is 13.2 Å². The second-order valence-electron chi connectivity index (χ2n) is 4.62. The molecule has 1 rings (SSSR count). The molecule has 0 radical (unpaired) electrons. The third-order valence-corrected chi connectivity index (χ3v) is 7.13. The molecule has 0 saturated carbocycles. The average molecular weight is 391 g/mol. The third kappa shape index (κ3) is 4.43. The van der Waals surface area contributed by atoms with Gasteiger partial charge in [-0.1, -0.05) is 23.2 Å². The zero-order valence-electron chi connectivity index (χ0n) is 12.1. The Labute approximate surface area is 146 Å². The normalized spacial score (nSPS) is 13.7.